The molecular weight excluding hydrogens is 264 g/mol. The topological polar surface area (TPSA) is 64.3 Å². The molecule has 19 heavy (non-hydrogen) atoms. The van der Waals surface area contributed by atoms with Gasteiger partial charge in [-0.3, -0.25) is 4.79 Å². The summed E-state index contributed by atoms with van der Waals surface area (Å²) in [6, 6.07) is 5.01. The van der Waals surface area contributed by atoms with Gasteiger partial charge in [0, 0.05) is 12.3 Å². The number of carbonyl (C=O) groups excluding carboxylic acids is 1. The van der Waals surface area contributed by atoms with Crippen LogP contribution in [-0.2, 0) is 9.53 Å². The van der Waals surface area contributed by atoms with Crippen LogP contribution >= 0.6 is 11.6 Å². The second-order valence-electron chi connectivity index (χ2n) is 4.97. The Morgan fingerprint density at radius 1 is 1.58 bits per heavy atom. The first kappa shape index (κ1) is 14.2. The molecule has 104 valence electrons. The van der Waals surface area contributed by atoms with Crippen molar-refractivity contribution in [3.05, 3.63) is 23.2 Å². The molecule has 3 N–H and O–H groups in total. The molecule has 1 unspecified atom stereocenters. The molecule has 1 aromatic carbocycles. The van der Waals surface area contributed by atoms with E-state index in [9.17, 15) is 4.79 Å². The molecule has 0 aliphatic heterocycles. The summed E-state index contributed by atoms with van der Waals surface area (Å²) in [6.45, 7) is 2.39. The van der Waals surface area contributed by atoms with E-state index in [1.54, 1.807) is 25.1 Å². The number of anilines is 2. The zero-order chi connectivity index (χ0) is 13.8. The molecule has 1 fully saturated rings. The fourth-order valence-corrected chi connectivity index (χ4v) is 1.88. The Balaban J connectivity index is 1.79. The van der Waals surface area contributed by atoms with Gasteiger partial charge in [0.25, 0.3) is 5.91 Å². The maximum absolute atomic E-state index is 11.9. The summed E-state index contributed by atoms with van der Waals surface area (Å²) in [5, 5.41) is 3.24. The summed E-state index contributed by atoms with van der Waals surface area (Å²) in [7, 11) is 0. The number of hydrogen-bond donors (Lipinski definition) is 2. The molecule has 0 bridgehead atoms. The molecule has 1 aliphatic carbocycles. The monoisotopic (exact) mass is 282 g/mol. The van der Waals surface area contributed by atoms with Gasteiger partial charge in [0.15, 0.2) is 0 Å². The summed E-state index contributed by atoms with van der Waals surface area (Å²) >= 11 is 5.82. The van der Waals surface area contributed by atoms with Crippen LogP contribution in [0.1, 0.15) is 26.2 Å². The molecule has 0 saturated heterocycles. The first-order valence-electron chi connectivity index (χ1n) is 6.53. The summed E-state index contributed by atoms with van der Waals surface area (Å²) in [4.78, 5) is 11.9. The van der Waals surface area contributed by atoms with E-state index in [-0.39, 0.29) is 5.91 Å². The summed E-state index contributed by atoms with van der Waals surface area (Å²) in [6.07, 6.45) is 3.18. The molecule has 1 atom stereocenters. The first-order chi connectivity index (χ1) is 9.06. The molecule has 1 aromatic rings. The number of halogens is 1. The van der Waals surface area contributed by atoms with Crippen LogP contribution in [0.25, 0.3) is 0 Å². The van der Waals surface area contributed by atoms with E-state index >= 15 is 0 Å². The number of nitrogen functional groups attached to an aromatic ring is 1. The van der Waals surface area contributed by atoms with Gasteiger partial charge in [0.2, 0.25) is 0 Å². The molecular formula is C14H19ClN2O2. The van der Waals surface area contributed by atoms with Crippen molar-refractivity contribution < 1.29 is 9.53 Å². The molecule has 5 heteroatoms. The molecule has 1 saturated carbocycles. The Labute approximate surface area is 118 Å². The van der Waals surface area contributed by atoms with Crippen LogP contribution in [0.4, 0.5) is 11.4 Å². The van der Waals surface area contributed by atoms with Gasteiger partial charge in [-0.2, -0.15) is 0 Å². The molecule has 2 rings (SSSR count). The van der Waals surface area contributed by atoms with Crippen molar-refractivity contribution in [2.24, 2.45) is 5.92 Å². The summed E-state index contributed by atoms with van der Waals surface area (Å²) in [5.41, 5.74) is 6.75. The predicted octanol–water partition coefficient (Wildman–Crippen LogP) is 3.07. The van der Waals surface area contributed by atoms with Crippen molar-refractivity contribution >= 4 is 28.9 Å². The van der Waals surface area contributed by atoms with Crippen molar-refractivity contribution in [3.63, 3.8) is 0 Å². The fourth-order valence-electron chi connectivity index (χ4n) is 1.76. The van der Waals surface area contributed by atoms with E-state index in [1.165, 1.54) is 12.8 Å². The fraction of sp³-hybridized carbons (Fsp3) is 0.500. The number of nitrogens with two attached hydrogens (primary N) is 1. The number of hydrogen-bond acceptors (Lipinski definition) is 3. The second kappa shape index (κ2) is 6.26. The zero-order valence-corrected chi connectivity index (χ0v) is 11.7. The van der Waals surface area contributed by atoms with E-state index in [4.69, 9.17) is 22.1 Å². The highest BCUT2D eigenvalue weighted by Crippen LogP contribution is 2.32. The molecule has 1 amide bonds. The lowest BCUT2D eigenvalue weighted by Crippen LogP contribution is -2.28. The Morgan fingerprint density at radius 3 is 2.95 bits per heavy atom. The van der Waals surface area contributed by atoms with E-state index in [2.05, 4.69) is 5.32 Å². The second-order valence-corrected chi connectivity index (χ2v) is 5.38. The lowest BCUT2D eigenvalue weighted by molar-refractivity contribution is -0.126. The third-order valence-electron chi connectivity index (χ3n) is 3.22. The lowest BCUT2D eigenvalue weighted by Gasteiger charge is -2.13. The summed E-state index contributed by atoms with van der Waals surface area (Å²) in [5.74, 6) is 0.642. The third kappa shape index (κ3) is 4.40. The normalized spacial score (nSPS) is 16.1. The molecule has 4 nitrogen and oxygen atoms in total. The van der Waals surface area contributed by atoms with Crippen LogP contribution in [-0.4, -0.2) is 18.6 Å². The van der Waals surface area contributed by atoms with Crippen LogP contribution < -0.4 is 11.1 Å². The van der Waals surface area contributed by atoms with Crippen molar-refractivity contribution in [3.8, 4) is 0 Å². The van der Waals surface area contributed by atoms with Gasteiger partial charge < -0.3 is 15.8 Å². The smallest absolute Gasteiger partial charge is 0.253 e. The van der Waals surface area contributed by atoms with Gasteiger partial charge in [-0.25, -0.2) is 0 Å². The molecule has 0 aromatic heterocycles. The van der Waals surface area contributed by atoms with Crippen LogP contribution in [0.15, 0.2) is 18.2 Å². The van der Waals surface area contributed by atoms with E-state index < -0.39 is 6.10 Å². The standard InChI is InChI=1S/C14H19ClN2O2/c1-9(19-7-6-10-2-3-10)14(18)17-11-4-5-12(15)13(16)8-11/h4-5,8-10H,2-3,6-7,16H2,1H3,(H,17,18). The van der Waals surface area contributed by atoms with Gasteiger partial charge in [0.05, 0.1) is 10.7 Å². The van der Waals surface area contributed by atoms with Gasteiger partial charge in [0.1, 0.15) is 6.10 Å². The average Bonchev–Trinajstić information content (AvgIpc) is 3.17. The number of ether oxygens (including phenoxy) is 1. The van der Waals surface area contributed by atoms with Crippen molar-refractivity contribution in [1.82, 2.24) is 0 Å². The van der Waals surface area contributed by atoms with Crippen LogP contribution in [0, 0.1) is 5.92 Å². The minimum Gasteiger partial charge on any atom is -0.397 e. The highest BCUT2D eigenvalue weighted by molar-refractivity contribution is 6.33. The van der Waals surface area contributed by atoms with Crippen molar-refractivity contribution in [2.75, 3.05) is 17.7 Å². The number of amides is 1. The minimum atomic E-state index is -0.462. The van der Waals surface area contributed by atoms with E-state index in [0.717, 1.165) is 12.3 Å². The zero-order valence-electron chi connectivity index (χ0n) is 11.0. The maximum Gasteiger partial charge on any atom is 0.253 e. The van der Waals surface area contributed by atoms with Crippen LogP contribution in [0.3, 0.4) is 0 Å². The quantitative estimate of drug-likeness (QED) is 0.788. The SMILES string of the molecule is CC(OCCC1CC1)C(=O)Nc1ccc(Cl)c(N)c1. The number of carbonyl (C=O) groups is 1. The number of rotatable bonds is 6. The predicted molar refractivity (Wildman–Crippen MR) is 77.2 cm³/mol. The summed E-state index contributed by atoms with van der Waals surface area (Å²) < 4.78 is 5.51. The van der Waals surface area contributed by atoms with Crippen molar-refractivity contribution in [1.29, 1.82) is 0 Å². The highest BCUT2D eigenvalue weighted by Gasteiger charge is 2.22. The van der Waals surface area contributed by atoms with Gasteiger partial charge >= 0.3 is 0 Å². The number of benzene rings is 1. The molecule has 0 radical (unpaired) electrons. The minimum absolute atomic E-state index is 0.169. The molecule has 0 heterocycles. The van der Waals surface area contributed by atoms with Gasteiger partial charge in [-0.15, -0.1) is 0 Å². The van der Waals surface area contributed by atoms with Crippen molar-refractivity contribution in [2.45, 2.75) is 32.3 Å². The number of nitrogens with one attached hydrogen (secondary N) is 1. The molecule has 0 spiro atoms. The average molecular weight is 283 g/mol. The highest BCUT2D eigenvalue weighted by atomic mass is 35.5. The largest absolute Gasteiger partial charge is 0.397 e. The van der Waals surface area contributed by atoms with E-state index in [1.807, 2.05) is 0 Å². The van der Waals surface area contributed by atoms with Crippen LogP contribution in [0.5, 0.6) is 0 Å². The Morgan fingerprint density at radius 2 is 2.32 bits per heavy atom. The maximum atomic E-state index is 11.9. The Kier molecular flexibility index (Phi) is 4.66. The lowest BCUT2D eigenvalue weighted by atomic mass is 10.2. The van der Waals surface area contributed by atoms with Gasteiger partial charge in [-0.1, -0.05) is 24.4 Å². The van der Waals surface area contributed by atoms with Crippen LogP contribution in [0.2, 0.25) is 5.02 Å². The third-order valence-corrected chi connectivity index (χ3v) is 3.57. The molecule has 1 aliphatic rings. The first-order valence-corrected chi connectivity index (χ1v) is 6.91. The Hall–Kier alpha value is -1.26. The van der Waals surface area contributed by atoms with E-state index in [0.29, 0.717) is 23.0 Å². The van der Waals surface area contributed by atoms with Gasteiger partial charge in [-0.05, 0) is 37.5 Å². The Bertz CT molecular complexity index is 461.